The van der Waals surface area contributed by atoms with Gasteiger partial charge in [0.05, 0.1) is 11.6 Å². The van der Waals surface area contributed by atoms with Gasteiger partial charge in [0, 0.05) is 16.9 Å². The zero-order valence-corrected chi connectivity index (χ0v) is 15.1. The molecule has 1 aromatic carbocycles. The first-order chi connectivity index (χ1) is 10.1. The van der Waals surface area contributed by atoms with Crippen LogP contribution in [0.5, 0.6) is 0 Å². The molecule has 1 atom stereocenters. The van der Waals surface area contributed by atoms with Crippen molar-refractivity contribution in [2.24, 2.45) is 5.92 Å². The van der Waals surface area contributed by atoms with Gasteiger partial charge in [-0.25, -0.2) is 4.90 Å². The third-order valence-corrected chi connectivity index (χ3v) is 5.25. The Morgan fingerprint density at radius 2 is 1.68 bits per heavy atom. The van der Waals surface area contributed by atoms with E-state index >= 15 is 0 Å². The van der Waals surface area contributed by atoms with E-state index in [-0.39, 0.29) is 22.5 Å². The summed E-state index contributed by atoms with van der Waals surface area (Å²) in [5.41, 5.74) is 3.91. The fourth-order valence-corrected chi connectivity index (χ4v) is 3.90. The topological polar surface area (TPSA) is 37.4 Å². The molecule has 2 rings (SSSR count). The van der Waals surface area contributed by atoms with Gasteiger partial charge in [-0.2, -0.15) is 11.8 Å². The molecular formula is C18H25NO2S. The molecule has 1 fully saturated rings. The molecule has 1 aliphatic rings. The summed E-state index contributed by atoms with van der Waals surface area (Å²) in [5, 5.41) is 0. The van der Waals surface area contributed by atoms with Crippen LogP contribution in [0.3, 0.4) is 0 Å². The molecular weight excluding hydrogens is 294 g/mol. The average molecular weight is 319 g/mol. The number of imide groups is 1. The highest BCUT2D eigenvalue weighted by Crippen LogP contribution is 2.35. The van der Waals surface area contributed by atoms with Gasteiger partial charge < -0.3 is 0 Å². The van der Waals surface area contributed by atoms with E-state index in [1.54, 1.807) is 11.8 Å². The van der Waals surface area contributed by atoms with Crippen molar-refractivity contribution in [1.29, 1.82) is 0 Å². The van der Waals surface area contributed by atoms with Gasteiger partial charge in [-0.3, -0.25) is 9.59 Å². The van der Waals surface area contributed by atoms with Gasteiger partial charge in [0.1, 0.15) is 0 Å². The maximum absolute atomic E-state index is 12.7. The molecule has 120 valence electrons. The van der Waals surface area contributed by atoms with Crippen molar-refractivity contribution < 1.29 is 9.59 Å². The van der Waals surface area contributed by atoms with Gasteiger partial charge in [-0.1, -0.05) is 38.5 Å². The predicted molar refractivity (Wildman–Crippen MR) is 93.5 cm³/mol. The number of rotatable bonds is 3. The van der Waals surface area contributed by atoms with E-state index in [0.717, 1.165) is 22.4 Å². The number of hydrogen-bond acceptors (Lipinski definition) is 3. The maximum Gasteiger partial charge on any atom is 0.238 e. The molecule has 1 saturated heterocycles. The van der Waals surface area contributed by atoms with E-state index in [9.17, 15) is 9.59 Å². The average Bonchev–Trinajstić information content (AvgIpc) is 2.62. The fourth-order valence-electron chi connectivity index (χ4n) is 2.94. The molecule has 0 radical (unpaired) electrons. The molecule has 0 N–H and O–H groups in total. The van der Waals surface area contributed by atoms with E-state index in [2.05, 4.69) is 20.8 Å². The molecule has 4 heteroatoms. The van der Waals surface area contributed by atoms with E-state index in [0.29, 0.717) is 12.2 Å². The van der Waals surface area contributed by atoms with E-state index in [4.69, 9.17) is 0 Å². The zero-order chi connectivity index (χ0) is 16.7. The van der Waals surface area contributed by atoms with Gasteiger partial charge in [0.15, 0.2) is 0 Å². The normalized spacial score (nSPS) is 19.2. The number of benzene rings is 1. The molecule has 0 spiro atoms. The second-order valence-electron chi connectivity index (χ2n) is 7.14. The highest BCUT2D eigenvalue weighted by atomic mass is 32.2. The van der Waals surface area contributed by atoms with Crippen LogP contribution in [-0.2, 0) is 9.59 Å². The summed E-state index contributed by atoms with van der Waals surface area (Å²) in [5.74, 6) is 0.391. The number of anilines is 1. The van der Waals surface area contributed by atoms with Crippen molar-refractivity contribution in [2.45, 2.75) is 52.7 Å². The van der Waals surface area contributed by atoms with Crippen molar-refractivity contribution in [2.75, 3.05) is 10.7 Å². The Morgan fingerprint density at radius 3 is 2.18 bits per heavy atom. The van der Waals surface area contributed by atoms with Gasteiger partial charge in [-0.05, 0) is 31.9 Å². The summed E-state index contributed by atoms with van der Waals surface area (Å²) >= 11 is 1.74. The van der Waals surface area contributed by atoms with Crippen LogP contribution in [0.1, 0.15) is 43.9 Å². The first-order valence-corrected chi connectivity index (χ1v) is 8.67. The van der Waals surface area contributed by atoms with Crippen LogP contribution in [-0.4, -0.2) is 22.3 Å². The number of thioether (sulfide) groups is 1. The minimum atomic E-state index is -0.197. The van der Waals surface area contributed by atoms with Crippen LogP contribution in [0.4, 0.5) is 5.69 Å². The third-order valence-electron chi connectivity index (χ3n) is 3.82. The molecule has 3 nitrogen and oxygen atoms in total. The van der Waals surface area contributed by atoms with E-state index < -0.39 is 0 Å². The SMILES string of the molecule is Cc1cc(C)c(N2C(=O)C[C@H](CSC(C)(C)C)C2=O)c(C)c1. The van der Waals surface area contributed by atoms with Crippen molar-refractivity contribution in [3.8, 4) is 0 Å². The highest BCUT2D eigenvalue weighted by Gasteiger charge is 2.40. The van der Waals surface area contributed by atoms with Crippen molar-refractivity contribution in [3.05, 3.63) is 28.8 Å². The largest absolute Gasteiger partial charge is 0.274 e. The third kappa shape index (κ3) is 3.54. The lowest BCUT2D eigenvalue weighted by Crippen LogP contribution is -2.32. The number of carbonyl (C=O) groups is 2. The predicted octanol–water partition coefficient (Wildman–Crippen LogP) is 4.02. The molecule has 1 heterocycles. The van der Waals surface area contributed by atoms with Crippen LogP contribution < -0.4 is 4.90 Å². The van der Waals surface area contributed by atoms with E-state index in [1.165, 1.54) is 4.90 Å². The summed E-state index contributed by atoms with van der Waals surface area (Å²) in [6.07, 6.45) is 0.328. The molecule has 1 aromatic rings. The van der Waals surface area contributed by atoms with Gasteiger partial charge in [0.25, 0.3) is 0 Å². The summed E-state index contributed by atoms with van der Waals surface area (Å²) in [6, 6.07) is 4.06. The van der Waals surface area contributed by atoms with Crippen LogP contribution >= 0.6 is 11.8 Å². The monoisotopic (exact) mass is 319 g/mol. The molecule has 22 heavy (non-hydrogen) atoms. The summed E-state index contributed by atoms with van der Waals surface area (Å²) < 4.78 is 0.104. The molecule has 2 amide bonds. The Kier molecular flexibility index (Phi) is 4.71. The maximum atomic E-state index is 12.7. The Morgan fingerprint density at radius 1 is 1.14 bits per heavy atom. The Labute approximate surface area is 137 Å². The van der Waals surface area contributed by atoms with Crippen LogP contribution in [0.15, 0.2) is 12.1 Å². The van der Waals surface area contributed by atoms with E-state index in [1.807, 2.05) is 32.9 Å². The van der Waals surface area contributed by atoms with Crippen molar-refractivity contribution >= 4 is 29.3 Å². The van der Waals surface area contributed by atoms with Crippen molar-refractivity contribution in [3.63, 3.8) is 0 Å². The minimum absolute atomic E-state index is 0.0446. The summed E-state index contributed by atoms with van der Waals surface area (Å²) in [6.45, 7) is 12.3. The van der Waals surface area contributed by atoms with Crippen LogP contribution in [0, 0.1) is 26.7 Å². The van der Waals surface area contributed by atoms with Crippen LogP contribution in [0.25, 0.3) is 0 Å². The second-order valence-corrected chi connectivity index (χ2v) is 8.99. The molecule has 1 aliphatic heterocycles. The Bertz CT molecular complexity index is 593. The quantitative estimate of drug-likeness (QED) is 0.790. The minimum Gasteiger partial charge on any atom is -0.274 e. The molecule has 0 unspecified atom stereocenters. The first-order valence-electron chi connectivity index (χ1n) is 7.69. The standard InChI is InChI=1S/C18H25NO2S/c1-11-7-12(2)16(13(3)8-11)19-15(20)9-14(17(19)21)10-22-18(4,5)6/h7-8,14H,9-10H2,1-6H3/t14-/m1/s1. The number of nitrogens with zero attached hydrogens (tertiary/aromatic N) is 1. The number of hydrogen-bond donors (Lipinski definition) is 0. The lowest BCUT2D eigenvalue weighted by Gasteiger charge is -2.22. The first kappa shape index (κ1) is 17.1. The summed E-state index contributed by atoms with van der Waals surface area (Å²) in [4.78, 5) is 26.5. The van der Waals surface area contributed by atoms with Gasteiger partial charge in [-0.15, -0.1) is 0 Å². The number of aryl methyl sites for hydroxylation is 3. The fraction of sp³-hybridized carbons (Fsp3) is 0.556. The van der Waals surface area contributed by atoms with Gasteiger partial charge in [0.2, 0.25) is 11.8 Å². The van der Waals surface area contributed by atoms with Crippen molar-refractivity contribution in [1.82, 2.24) is 0 Å². The molecule has 0 aliphatic carbocycles. The van der Waals surface area contributed by atoms with Gasteiger partial charge >= 0.3 is 0 Å². The number of carbonyl (C=O) groups excluding carboxylic acids is 2. The Balaban J connectivity index is 2.27. The lowest BCUT2D eigenvalue weighted by molar-refractivity contribution is -0.122. The zero-order valence-electron chi connectivity index (χ0n) is 14.3. The molecule has 0 aromatic heterocycles. The second kappa shape index (κ2) is 6.07. The highest BCUT2D eigenvalue weighted by molar-refractivity contribution is 8.00. The Hall–Kier alpha value is -1.29. The van der Waals surface area contributed by atoms with Crippen LogP contribution in [0.2, 0.25) is 0 Å². The summed E-state index contributed by atoms with van der Waals surface area (Å²) in [7, 11) is 0. The molecule has 0 bridgehead atoms. The number of amides is 2. The molecule has 0 saturated carbocycles. The smallest absolute Gasteiger partial charge is 0.238 e. The lowest BCUT2D eigenvalue weighted by atomic mass is 10.0.